The van der Waals surface area contributed by atoms with Crippen molar-refractivity contribution in [1.82, 2.24) is 15.1 Å². The Kier molecular flexibility index (Phi) is 4.38. The molecule has 4 rings (SSSR count). The number of aliphatic hydroxyl groups excluding tert-OH is 1. The zero-order valence-corrected chi connectivity index (χ0v) is 14.4. The SMILES string of the molecule is CC(O)CN1CCc2[nH]nc(-c3ccc(-c4ccccc4)cc3)c2C1. The van der Waals surface area contributed by atoms with Crippen LogP contribution in [0.4, 0.5) is 0 Å². The van der Waals surface area contributed by atoms with Crippen LogP contribution < -0.4 is 0 Å². The lowest BCUT2D eigenvalue weighted by molar-refractivity contribution is 0.119. The molecule has 4 nitrogen and oxygen atoms in total. The molecule has 0 saturated heterocycles. The summed E-state index contributed by atoms with van der Waals surface area (Å²) in [5.41, 5.74) is 7.09. The zero-order chi connectivity index (χ0) is 17.2. The molecule has 0 spiro atoms. The molecule has 25 heavy (non-hydrogen) atoms. The second kappa shape index (κ2) is 6.82. The monoisotopic (exact) mass is 333 g/mol. The second-order valence-corrected chi connectivity index (χ2v) is 6.81. The van der Waals surface area contributed by atoms with E-state index in [-0.39, 0.29) is 6.10 Å². The zero-order valence-electron chi connectivity index (χ0n) is 14.4. The van der Waals surface area contributed by atoms with Crippen LogP contribution in [0.15, 0.2) is 54.6 Å². The lowest BCUT2D eigenvalue weighted by Gasteiger charge is -2.27. The molecule has 2 N–H and O–H groups in total. The van der Waals surface area contributed by atoms with Gasteiger partial charge in [0.1, 0.15) is 0 Å². The number of aliphatic hydroxyl groups is 1. The first kappa shape index (κ1) is 16.1. The number of β-amino-alcohol motifs (C(OH)–C–C–N with tert-alkyl or cyclic N) is 1. The Balaban J connectivity index is 1.60. The number of nitrogens with zero attached hydrogens (tertiary/aromatic N) is 2. The van der Waals surface area contributed by atoms with Gasteiger partial charge in [0.15, 0.2) is 0 Å². The minimum absolute atomic E-state index is 0.304. The molecule has 2 aromatic carbocycles. The summed E-state index contributed by atoms with van der Waals surface area (Å²) in [6.07, 6.45) is 0.652. The van der Waals surface area contributed by atoms with Gasteiger partial charge in [0.05, 0.1) is 11.8 Å². The van der Waals surface area contributed by atoms with Crippen LogP contribution in [0.2, 0.25) is 0 Å². The van der Waals surface area contributed by atoms with E-state index in [1.165, 1.54) is 22.4 Å². The van der Waals surface area contributed by atoms with Crippen molar-refractivity contribution >= 4 is 0 Å². The molecule has 2 heterocycles. The van der Waals surface area contributed by atoms with Crippen molar-refractivity contribution in [3.63, 3.8) is 0 Å². The number of fused-ring (bicyclic) bond motifs is 1. The molecule has 1 atom stereocenters. The van der Waals surface area contributed by atoms with Gasteiger partial charge < -0.3 is 5.11 Å². The Morgan fingerprint density at radius 2 is 1.72 bits per heavy atom. The van der Waals surface area contributed by atoms with E-state index in [0.29, 0.717) is 6.54 Å². The molecular weight excluding hydrogens is 310 g/mol. The predicted octanol–water partition coefficient (Wildman–Crippen LogP) is 3.48. The molecule has 0 fully saturated rings. The number of hydrogen-bond acceptors (Lipinski definition) is 3. The lowest BCUT2D eigenvalue weighted by Crippen LogP contribution is -2.35. The molecule has 1 aliphatic rings. The van der Waals surface area contributed by atoms with Crippen molar-refractivity contribution in [3.8, 4) is 22.4 Å². The van der Waals surface area contributed by atoms with Crippen molar-refractivity contribution in [1.29, 1.82) is 0 Å². The largest absolute Gasteiger partial charge is 0.392 e. The number of nitrogens with one attached hydrogen (secondary N) is 1. The number of hydrogen-bond donors (Lipinski definition) is 2. The molecule has 3 aromatic rings. The maximum absolute atomic E-state index is 9.66. The Morgan fingerprint density at radius 1 is 1.04 bits per heavy atom. The van der Waals surface area contributed by atoms with Gasteiger partial charge in [0.25, 0.3) is 0 Å². The molecule has 1 aliphatic heterocycles. The molecule has 0 amide bonds. The summed E-state index contributed by atoms with van der Waals surface area (Å²) in [7, 11) is 0. The Labute approximate surface area is 148 Å². The third-order valence-electron chi connectivity index (χ3n) is 4.80. The molecule has 0 radical (unpaired) electrons. The van der Waals surface area contributed by atoms with Crippen LogP contribution in [-0.2, 0) is 13.0 Å². The number of aromatic amines is 1. The van der Waals surface area contributed by atoms with Crippen molar-refractivity contribution in [2.75, 3.05) is 13.1 Å². The highest BCUT2D eigenvalue weighted by Gasteiger charge is 2.23. The quantitative estimate of drug-likeness (QED) is 0.768. The van der Waals surface area contributed by atoms with Crippen LogP contribution in [0, 0.1) is 0 Å². The molecule has 4 heteroatoms. The van der Waals surface area contributed by atoms with E-state index in [0.717, 1.165) is 30.8 Å². The predicted molar refractivity (Wildman–Crippen MR) is 100 cm³/mol. The topological polar surface area (TPSA) is 52.1 Å². The van der Waals surface area contributed by atoms with Gasteiger partial charge in [0.2, 0.25) is 0 Å². The molecular formula is C21H23N3O. The van der Waals surface area contributed by atoms with Crippen LogP contribution in [-0.4, -0.2) is 39.4 Å². The summed E-state index contributed by atoms with van der Waals surface area (Å²) in [5, 5.41) is 17.4. The van der Waals surface area contributed by atoms with Gasteiger partial charge >= 0.3 is 0 Å². The highest BCUT2D eigenvalue weighted by Crippen LogP contribution is 2.30. The van der Waals surface area contributed by atoms with Crippen molar-refractivity contribution in [2.45, 2.75) is 26.0 Å². The van der Waals surface area contributed by atoms with Gasteiger partial charge in [-0.05, 0) is 18.1 Å². The van der Waals surface area contributed by atoms with Gasteiger partial charge in [-0.1, -0.05) is 54.6 Å². The minimum Gasteiger partial charge on any atom is -0.392 e. The van der Waals surface area contributed by atoms with Crippen LogP contribution in [0.1, 0.15) is 18.2 Å². The fourth-order valence-electron chi connectivity index (χ4n) is 3.57. The normalized spacial score (nSPS) is 15.8. The van der Waals surface area contributed by atoms with Crippen LogP contribution >= 0.6 is 0 Å². The van der Waals surface area contributed by atoms with Crippen molar-refractivity contribution in [2.24, 2.45) is 0 Å². The Morgan fingerprint density at radius 3 is 2.44 bits per heavy atom. The van der Waals surface area contributed by atoms with Gasteiger partial charge in [-0.15, -0.1) is 0 Å². The van der Waals surface area contributed by atoms with E-state index in [9.17, 15) is 5.11 Å². The Hall–Kier alpha value is -2.43. The third kappa shape index (κ3) is 3.36. The summed E-state index contributed by atoms with van der Waals surface area (Å²) in [4.78, 5) is 2.30. The molecule has 128 valence electrons. The number of aromatic nitrogens is 2. The van der Waals surface area contributed by atoms with Crippen LogP contribution in [0.5, 0.6) is 0 Å². The fraction of sp³-hybridized carbons (Fsp3) is 0.286. The van der Waals surface area contributed by atoms with Crippen LogP contribution in [0.25, 0.3) is 22.4 Å². The first-order valence-electron chi connectivity index (χ1n) is 8.83. The summed E-state index contributed by atoms with van der Waals surface area (Å²) in [6.45, 7) is 4.35. The highest BCUT2D eigenvalue weighted by molar-refractivity contribution is 5.70. The number of H-pyrrole nitrogens is 1. The molecule has 1 aromatic heterocycles. The summed E-state index contributed by atoms with van der Waals surface area (Å²) in [6, 6.07) is 19.0. The smallest absolute Gasteiger partial charge is 0.0968 e. The minimum atomic E-state index is -0.304. The van der Waals surface area contributed by atoms with E-state index in [4.69, 9.17) is 0 Å². The molecule has 1 unspecified atom stereocenters. The van der Waals surface area contributed by atoms with Gasteiger partial charge in [-0.25, -0.2) is 0 Å². The van der Waals surface area contributed by atoms with E-state index in [1.54, 1.807) is 0 Å². The highest BCUT2D eigenvalue weighted by atomic mass is 16.3. The molecule has 0 aliphatic carbocycles. The average molecular weight is 333 g/mol. The average Bonchev–Trinajstić information content (AvgIpc) is 3.05. The van der Waals surface area contributed by atoms with E-state index < -0.39 is 0 Å². The summed E-state index contributed by atoms with van der Waals surface area (Å²) in [5.74, 6) is 0. The summed E-state index contributed by atoms with van der Waals surface area (Å²) >= 11 is 0. The molecule has 0 bridgehead atoms. The lowest BCUT2D eigenvalue weighted by atomic mass is 9.98. The maximum atomic E-state index is 9.66. The number of benzene rings is 2. The van der Waals surface area contributed by atoms with Crippen molar-refractivity contribution < 1.29 is 5.11 Å². The van der Waals surface area contributed by atoms with E-state index in [1.807, 2.05) is 13.0 Å². The number of rotatable bonds is 4. The standard InChI is InChI=1S/C21H23N3O/c1-15(25)13-24-12-11-20-19(14-24)21(23-22-20)18-9-7-17(8-10-18)16-5-3-2-4-6-16/h2-10,15,25H,11-14H2,1H3,(H,22,23). The maximum Gasteiger partial charge on any atom is 0.0968 e. The molecule has 0 saturated carbocycles. The fourth-order valence-corrected chi connectivity index (χ4v) is 3.57. The van der Waals surface area contributed by atoms with Gasteiger partial charge in [0, 0.05) is 42.9 Å². The van der Waals surface area contributed by atoms with Gasteiger partial charge in [-0.3, -0.25) is 10.00 Å². The van der Waals surface area contributed by atoms with E-state index >= 15 is 0 Å². The first-order valence-corrected chi connectivity index (χ1v) is 8.83. The first-order chi connectivity index (χ1) is 12.2. The van der Waals surface area contributed by atoms with Gasteiger partial charge in [-0.2, -0.15) is 5.10 Å². The second-order valence-electron chi connectivity index (χ2n) is 6.81. The Bertz CT molecular complexity index is 837. The summed E-state index contributed by atoms with van der Waals surface area (Å²) < 4.78 is 0. The van der Waals surface area contributed by atoms with Crippen molar-refractivity contribution in [3.05, 3.63) is 65.9 Å². The van der Waals surface area contributed by atoms with E-state index in [2.05, 4.69) is 63.6 Å². The van der Waals surface area contributed by atoms with Crippen LogP contribution in [0.3, 0.4) is 0 Å². The third-order valence-corrected chi connectivity index (χ3v) is 4.80.